The molecule has 5 nitrogen and oxygen atoms in total. The number of carbonyl (C=O) groups is 3. The highest BCUT2D eigenvalue weighted by Gasteiger charge is 2.18. The Morgan fingerprint density at radius 3 is 2.45 bits per heavy atom. The van der Waals surface area contributed by atoms with Crippen molar-refractivity contribution in [3.8, 4) is 0 Å². The summed E-state index contributed by atoms with van der Waals surface area (Å²) in [5.74, 6) is -0.676. The van der Waals surface area contributed by atoms with Gasteiger partial charge in [-0.1, -0.05) is 55.8 Å². The quantitative estimate of drug-likeness (QED) is 0.296. The lowest BCUT2D eigenvalue weighted by Crippen LogP contribution is -2.36. The van der Waals surface area contributed by atoms with Crippen molar-refractivity contribution in [2.45, 2.75) is 55.9 Å². The van der Waals surface area contributed by atoms with Gasteiger partial charge in [-0.25, -0.2) is 4.79 Å². The van der Waals surface area contributed by atoms with Crippen LogP contribution in [0.2, 0.25) is 4.34 Å². The van der Waals surface area contributed by atoms with Crippen molar-refractivity contribution in [3.63, 3.8) is 0 Å². The first-order chi connectivity index (χ1) is 15.0. The van der Waals surface area contributed by atoms with Crippen molar-refractivity contribution in [2.75, 3.05) is 12.4 Å². The third kappa shape index (κ3) is 7.66. The fraction of sp³-hybridized carbons (Fsp3) is 0.435. The van der Waals surface area contributed by atoms with E-state index in [1.165, 1.54) is 31.0 Å². The molecule has 1 aromatic heterocycles. The predicted octanol–water partition coefficient (Wildman–Crippen LogP) is 5.76. The molecule has 0 atom stereocenters. The molecule has 1 saturated carbocycles. The maximum Gasteiger partial charge on any atom is 0.339 e. The van der Waals surface area contributed by atoms with E-state index < -0.39 is 5.97 Å². The van der Waals surface area contributed by atoms with Crippen LogP contribution in [0.15, 0.2) is 41.3 Å². The summed E-state index contributed by atoms with van der Waals surface area (Å²) in [4.78, 5) is 38.2. The molecule has 1 aromatic carbocycles. The first-order valence-electron chi connectivity index (χ1n) is 10.5. The van der Waals surface area contributed by atoms with E-state index in [-0.39, 0.29) is 30.1 Å². The number of ether oxygens (including phenoxy) is 1. The van der Waals surface area contributed by atoms with Crippen molar-refractivity contribution in [1.82, 2.24) is 5.32 Å². The van der Waals surface area contributed by atoms with E-state index >= 15 is 0 Å². The largest absolute Gasteiger partial charge is 0.454 e. The van der Waals surface area contributed by atoms with Gasteiger partial charge in [0.1, 0.15) is 0 Å². The van der Waals surface area contributed by atoms with Gasteiger partial charge in [0.25, 0.3) is 0 Å². The van der Waals surface area contributed by atoms with Gasteiger partial charge in [0.05, 0.1) is 20.5 Å². The lowest BCUT2D eigenvalue weighted by Gasteiger charge is -2.21. The molecule has 0 saturated heterocycles. The lowest BCUT2D eigenvalue weighted by atomic mass is 9.97. The summed E-state index contributed by atoms with van der Waals surface area (Å²) in [7, 11) is 0. The number of benzene rings is 1. The number of hydrogen-bond acceptors (Lipinski definition) is 6. The Balaban J connectivity index is 1.51. The number of ketones is 1. The summed E-state index contributed by atoms with van der Waals surface area (Å²) < 4.78 is 5.72. The summed E-state index contributed by atoms with van der Waals surface area (Å²) in [6.45, 7) is -0.350. The van der Waals surface area contributed by atoms with Crippen LogP contribution in [0.5, 0.6) is 0 Å². The van der Waals surface area contributed by atoms with Gasteiger partial charge >= 0.3 is 5.97 Å². The van der Waals surface area contributed by atoms with Gasteiger partial charge in [-0.2, -0.15) is 0 Å². The summed E-state index contributed by atoms with van der Waals surface area (Å²) >= 11 is 8.30. The maximum atomic E-state index is 12.5. The van der Waals surface area contributed by atoms with Gasteiger partial charge in [0, 0.05) is 10.9 Å². The number of thiophene rings is 1. The highest BCUT2D eigenvalue weighted by atomic mass is 35.5. The molecule has 0 radical (unpaired) electrons. The molecule has 1 heterocycles. The van der Waals surface area contributed by atoms with E-state index in [2.05, 4.69) is 5.32 Å². The monoisotopic (exact) mass is 479 g/mol. The molecule has 8 heteroatoms. The summed E-state index contributed by atoms with van der Waals surface area (Å²) in [6, 6.07) is 10.5. The zero-order valence-corrected chi connectivity index (χ0v) is 19.6. The minimum absolute atomic E-state index is 0.0245. The number of nitrogens with one attached hydrogen (secondary N) is 1. The molecule has 166 valence electrons. The number of amides is 1. The molecule has 1 amide bonds. The second kappa shape index (κ2) is 12.3. The van der Waals surface area contributed by atoms with Gasteiger partial charge in [-0.15, -0.1) is 23.1 Å². The van der Waals surface area contributed by atoms with Crippen LogP contribution in [0, 0.1) is 0 Å². The van der Waals surface area contributed by atoms with Crippen LogP contribution in [0.1, 0.15) is 65.0 Å². The van der Waals surface area contributed by atoms with E-state index in [1.807, 2.05) is 6.07 Å². The number of halogens is 1. The molecular formula is C23H26ClNO4S2. The Kier molecular flexibility index (Phi) is 9.43. The average Bonchev–Trinajstić information content (AvgIpc) is 3.19. The molecule has 0 aliphatic heterocycles. The fourth-order valence-corrected chi connectivity index (χ4v) is 5.34. The van der Waals surface area contributed by atoms with Gasteiger partial charge in [0.15, 0.2) is 6.61 Å². The zero-order valence-electron chi connectivity index (χ0n) is 17.2. The van der Waals surface area contributed by atoms with Crippen LogP contribution in [-0.2, 0) is 9.53 Å². The normalized spacial score (nSPS) is 15.0. The van der Waals surface area contributed by atoms with E-state index in [0.29, 0.717) is 19.7 Å². The van der Waals surface area contributed by atoms with Crippen LogP contribution in [0.4, 0.5) is 0 Å². The molecule has 0 spiro atoms. The van der Waals surface area contributed by atoms with Crippen LogP contribution >= 0.6 is 34.7 Å². The second-order valence-corrected chi connectivity index (χ2v) is 10.2. The first-order valence-corrected chi connectivity index (χ1v) is 12.7. The number of Topliss-reactive ketones (excluding diaryl/α,β-unsaturated/α-hetero) is 1. The lowest BCUT2D eigenvalue weighted by molar-refractivity contribution is -0.119. The van der Waals surface area contributed by atoms with Gasteiger partial charge in [0.2, 0.25) is 11.7 Å². The van der Waals surface area contributed by atoms with Crippen LogP contribution < -0.4 is 5.32 Å². The van der Waals surface area contributed by atoms with E-state index in [1.54, 1.807) is 30.3 Å². The molecule has 3 rings (SSSR count). The predicted molar refractivity (Wildman–Crippen MR) is 125 cm³/mol. The van der Waals surface area contributed by atoms with Crippen molar-refractivity contribution >= 4 is 52.4 Å². The average molecular weight is 480 g/mol. The molecule has 0 bridgehead atoms. The third-order valence-corrected chi connectivity index (χ3v) is 7.46. The van der Waals surface area contributed by atoms with E-state index in [0.717, 1.165) is 37.0 Å². The SMILES string of the molecule is O=C(CSc1ccccc1C(=O)OCC(=O)c1ccc(Cl)s1)NC1CCCCCCC1. The molecular weight excluding hydrogens is 454 g/mol. The van der Waals surface area contributed by atoms with Crippen molar-refractivity contribution in [1.29, 1.82) is 0 Å². The minimum Gasteiger partial charge on any atom is -0.454 e. The van der Waals surface area contributed by atoms with Gasteiger partial charge in [-0.3, -0.25) is 9.59 Å². The van der Waals surface area contributed by atoms with Crippen molar-refractivity contribution < 1.29 is 19.1 Å². The minimum atomic E-state index is -0.584. The molecule has 1 N–H and O–H groups in total. The summed E-state index contributed by atoms with van der Waals surface area (Å²) in [6.07, 6.45) is 8.13. The fourth-order valence-electron chi connectivity index (χ4n) is 3.52. The van der Waals surface area contributed by atoms with Crippen molar-refractivity contribution in [2.24, 2.45) is 0 Å². The topological polar surface area (TPSA) is 72.5 Å². The molecule has 1 fully saturated rings. The molecule has 1 aliphatic carbocycles. The van der Waals surface area contributed by atoms with Gasteiger partial charge < -0.3 is 10.1 Å². The number of hydrogen-bond donors (Lipinski definition) is 1. The van der Waals surface area contributed by atoms with Gasteiger partial charge in [-0.05, 0) is 37.1 Å². The number of thioether (sulfide) groups is 1. The Hall–Kier alpha value is -1.83. The number of rotatable bonds is 8. The van der Waals surface area contributed by atoms with Crippen LogP contribution in [0.3, 0.4) is 0 Å². The zero-order chi connectivity index (χ0) is 22.1. The van der Waals surface area contributed by atoms with Crippen LogP contribution in [-0.4, -0.2) is 36.1 Å². The molecule has 1 aliphatic rings. The Bertz CT molecular complexity index is 906. The highest BCUT2D eigenvalue weighted by molar-refractivity contribution is 8.00. The highest BCUT2D eigenvalue weighted by Crippen LogP contribution is 2.25. The maximum absolute atomic E-state index is 12.5. The third-order valence-electron chi connectivity index (χ3n) is 5.12. The molecule has 2 aromatic rings. The molecule has 31 heavy (non-hydrogen) atoms. The summed E-state index contributed by atoms with van der Waals surface area (Å²) in [5.41, 5.74) is 0.350. The van der Waals surface area contributed by atoms with E-state index in [9.17, 15) is 14.4 Å². The van der Waals surface area contributed by atoms with Crippen molar-refractivity contribution in [3.05, 3.63) is 51.2 Å². The van der Waals surface area contributed by atoms with Crippen LogP contribution in [0.25, 0.3) is 0 Å². The standard InChI is InChI=1S/C23H26ClNO4S2/c24-21-13-12-20(31-21)18(26)14-29-23(28)17-10-6-7-11-19(17)30-15-22(27)25-16-8-4-2-1-3-5-9-16/h6-7,10-13,16H,1-5,8-9,14-15H2,(H,25,27). The second-order valence-electron chi connectivity index (χ2n) is 7.50. The Morgan fingerprint density at radius 1 is 1.03 bits per heavy atom. The number of carbonyl (C=O) groups excluding carboxylic acids is 3. The van der Waals surface area contributed by atoms with E-state index in [4.69, 9.17) is 16.3 Å². The number of esters is 1. The first kappa shape index (κ1) is 23.8. The smallest absolute Gasteiger partial charge is 0.339 e. The molecule has 0 unspecified atom stereocenters. The Morgan fingerprint density at radius 2 is 1.74 bits per heavy atom. The summed E-state index contributed by atoms with van der Waals surface area (Å²) in [5, 5.41) is 3.14. The Labute approximate surface area is 195 Å².